The van der Waals surface area contributed by atoms with Gasteiger partial charge in [0.2, 0.25) is 0 Å². The zero-order chi connectivity index (χ0) is 23.3. The van der Waals surface area contributed by atoms with Crippen LogP contribution >= 0.6 is 0 Å². The van der Waals surface area contributed by atoms with Crippen LogP contribution in [0, 0.1) is 10.8 Å². The molecule has 166 valence electrons. The van der Waals surface area contributed by atoms with Gasteiger partial charge < -0.3 is 10.2 Å². The quantitative estimate of drug-likeness (QED) is 0.346. The van der Waals surface area contributed by atoms with Crippen molar-refractivity contribution in [2.75, 3.05) is 0 Å². The summed E-state index contributed by atoms with van der Waals surface area (Å²) in [7, 11) is 0. The minimum Gasteiger partial charge on any atom is -0.507 e. The first kappa shape index (κ1) is 22.2. The number of fused-ring (bicyclic) bond motifs is 2. The van der Waals surface area contributed by atoms with Crippen molar-refractivity contribution >= 4 is 21.5 Å². The molecule has 0 radical (unpaired) electrons. The predicted octanol–water partition coefficient (Wildman–Crippen LogP) is 8.25. The Bertz CT molecular complexity index is 1200. The second kappa shape index (κ2) is 7.85. The Hall–Kier alpha value is -3.00. The van der Waals surface area contributed by atoms with E-state index in [9.17, 15) is 10.2 Å². The average molecular weight is 427 g/mol. The van der Waals surface area contributed by atoms with Gasteiger partial charge in [-0.05, 0) is 68.5 Å². The third kappa shape index (κ3) is 4.32. The van der Waals surface area contributed by atoms with Crippen molar-refractivity contribution in [3.63, 3.8) is 0 Å². The van der Waals surface area contributed by atoms with Crippen molar-refractivity contribution in [3.05, 3.63) is 71.8 Å². The van der Waals surface area contributed by atoms with E-state index in [0.29, 0.717) is 0 Å². The smallest absolute Gasteiger partial charge is 0.127 e. The first-order chi connectivity index (χ1) is 14.9. The zero-order valence-electron chi connectivity index (χ0n) is 20.1. The van der Waals surface area contributed by atoms with Crippen molar-refractivity contribution in [2.45, 2.75) is 54.4 Å². The molecule has 0 amide bonds. The fourth-order valence-corrected chi connectivity index (χ4v) is 4.71. The highest BCUT2D eigenvalue weighted by molar-refractivity contribution is 6.10. The van der Waals surface area contributed by atoms with Gasteiger partial charge in [-0.15, -0.1) is 0 Å². The lowest BCUT2D eigenvalue weighted by molar-refractivity contribution is 0.394. The van der Waals surface area contributed by atoms with Gasteiger partial charge >= 0.3 is 0 Å². The molecular formula is C30H34O2. The van der Waals surface area contributed by atoms with Crippen LogP contribution in [0.25, 0.3) is 32.7 Å². The Morgan fingerprint density at radius 3 is 1.25 bits per heavy atom. The van der Waals surface area contributed by atoms with Crippen LogP contribution in [0.2, 0.25) is 0 Å². The summed E-state index contributed by atoms with van der Waals surface area (Å²) < 4.78 is 0. The summed E-state index contributed by atoms with van der Waals surface area (Å²) in [6.45, 7) is 13.1. The van der Waals surface area contributed by atoms with E-state index in [1.54, 1.807) is 0 Å². The van der Waals surface area contributed by atoms with Crippen LogP contribution in [0.15, 0.2) is 60.7 Å². The van der Waals surface area contributed by atoms with Gasteiger partial charge in [-0.2, -0.15) is 0 Å². The predicted molar refractivity (Wildman–Crippen MR) is 137 cm³/mol. The first-order valence-electron chi connectivity index (χ1n) is 11.4. The van der Waals surface area contributed by atoms with Crippen LogP contribution in [-0.2, 0) is 12.8 Å². The van der Waals surface area contributed by atoms with Gasteiger partial charge in [0.1, 0.15) is 11.5 Å². The van der Waals surface area contributed by atoms with E-state index in [0.717, 1.165) is 56.6 Å². The minimum atomic E-state index is 0.0232. The molecule has 0 saturated heterocycles. The van der Waals surface area contributed by atoms with Crippen molar-refractivity contribution in [2.24, 2.45) is 10.8 Å². The summed E-state index contributed by atoms with van der Waals surface area (Å²) >= 11 is 0. The van der Waals surface area contributed by atoms with E-state index in [-0.39, 0.29) is 22.3 Å². The monoisotopic (exact) mass is 426 g/mol. The third-order valence-corrected chi connectivity index (χ3v) is 5.89. The van der Waals surface area contributed by atoms with Crippen LogP contribution in [0.1, 0.15) is 52.7 Å². The van der Waals surface area contributed by atoms with Crippen molar-refractivity contribution in [1.82, 2.24) is 0 Å². The van der Waals surface area contributed by atoms with Gasteiger partial charge in [0, 0.05) is 11.1 Å². The average Bonchev–Trinajstić information content (AvgIpc) is 2.68. The van der Waals surface area contributed by atoms with Gasteiger partial charge in [-0.25, -0.2) is 0 Å². The summed E-state index contributed by atoms with van der Waals surface area (Å²) in [6.07, 6.45) is 1.49. The molecule has 4 rings (SSSR count). The van der Waals surface area contributed by atoms with E-state index in [1.807, 2.05) is 36.4 Å². The highest BCUT2D eigenvalue weighted by Gasteiger charge is 2.25. The molecule has 0 unspecified atom stereocenters. The van der Waals surface area contributed by atoms with E-state index >= 15 is 0 Å². The number of benzene rings is 4. The van der Waals surface area contributed by atoms with Gasteiger partial charge in [-0.1, -0.05) is 90.1 Å². The van der Waals surface area contributed by atoms with E-state index in [1.165, 1.54) is 0 Å². The summed E-state index contributed by atoms with van der Waals surface area (Å²) in [5.74, 6) is 0.541. The SMILES string of the molecule is CC(C)(C)Cc1cc2ccccc2c(-c2c(O)c(CC(C)(C)C)cc3ccccc23)c1O. The fraction of sp³-hybridized carbons (Fsp3) is 0.333. The Morgan fingerprint density at radius 2 is 0.906 bits per heavy atom. The molecule has 0 saturated carbocycles. The molecule has 0 aliphatic heterocycles. The molecule has 0 spiro atoms. The molecule has 0 aliphatic carbocycles. The second-order valence-electron chi connectivity index (χ2n) is 11.4. The number of aromatic hydroxyl groups is 2. The maximum atomic E-state index is 11.6. The Balaban J connectivity index is 2.13. The lowest BCUT2D eigenvalue weighted by Gasteiger charge is -2.24. The van der Waals surface area contributed by atoms with Gasteiger partial charge in [0.25, 0.3) is 0 Å². The zero-order valence-corrected chi connectivity index (χ0v) is 20.1. The summed E-state index contributed by atoms with van der Waals surface area (Å²) in [6, 6.07) is 20.5. The molecule has 4 aromatic rings. The molecule has 4 aromatic carbocycles. The van der Waals surface area contributed by atoms with Crippen LogP contribution in [0.5, 0.6) is 11.5 Å². The number of hydrogen-bond acceptors (Lipinski definition) is 2. The maximum absolute atomic E-state index is 11.6. The van der Waals surface area contributed by atoms with E-state index < -0.39 is 0 Å². The number of phenolic OH excluding ortho intramolecular Hbond substituents is 2. The Morgan fingerprint density at radius 1 is 0.562 bits per heavy atom. The number of hydrogen-bond donors (Lipinski definition) is 2. The molecular weight excluding hydrogens is 392 g/mol. The Labute approximate surface area is 191 Å². The van der Waals surface area contributed by atoms with Crippen LogP contribution < -0.4 is 0 Å². The second-order valence-corrected chi connectivity index (χ2v) is 11.4. The number of phenols is 2. The van der Waals surface area contributed by atoms with E-state index in [2.05, 4.69) is 65.8 Å². The topological polar surface area (TPSA) is 40.5 Å². The van der Waals surface area contributed by atoms with Crippen molar-refractivity contribution in [1.29, 1.82) is 0 Å². The molecule has 0 heterocycles. The lowest BCUT2D eigenvalue weighted by Crippen LogP contribution is -2.10. The van der Waals surface area contributed by atoms with Gasteiger partial charge in [0.05, 0.1) is 0 Å². The van der Waals surface area contributed by atoms with Crippen molar-refractivity contribution in [3.8, 4) is 22.6 Å². The molecule has 2 nitrogen and oxygen atoms in total. The molecule has 32 heavy (non-hydrogen) atoms. The van der Waals surface area contributed by atoms with Crippen molar-refractivity contribution < 1.29 is 10.2 Å². The first-order valence-corrected chi connectivity index (χ1v) is 11.4. The molecule has 0 aliphatic rings. The fourth-order valence-electron chi connectivity index (χ4n) is 4.71. The Kier molecular flexibility index (Phi) is 5.45. The standard InChI is InChI=1S/C30H34O2/c1-29(2,3)17-21-15-19-11-7-9-13-23(19)25(27(21)31)26-24-14-10-8-12-20(24)16-22(28(26)32)18-30(4,5)6/h7-16,31-32H,17-18H2,1-6H3. The van der Waals surface area contributed by atoms with Gasteiger partial charge in [0.15, 0.2) is 0 Å². The summed E-state index contributed by atoms with van der Waals surface area (Å²) in [5.41, 5.74) is 3.33. The molecule has 0 fully saturated rings. The molecule has 2 heteroatoms. The largest absolute Gasteiger partial charge is 0.507 e. The molecule has 0 bridgehead atoms. The highest BCUT2D eigenvalue weighted by atomic mass is 16.3. The van der Waals surface area contributed by atoms with Crippen LogP contribution in [0.4, 0.5) is 0 Å². The molecule has 0 atom stereocenters. The van der Waals surface area contributed by atoms with E-state index in [4.69, 9.17) is 0 Å². The summed E-state index contributed by atoms with van der Waals surface area (Å²) in [4.78, 5) is 0. The third-order valence-electron chi connectivity index (χ3n) is 5.89. The van der Waals surface area contributed by atoms with Crippen LogP contribution in [-0.4, -0.2) is 10.2 Å². The molecule has 0 aromatic heterocycles. The van der Waals surface area contributed by atoms with Crippen LogP contribution in [0.3, 0.4) is 0 Å². The highest BCUT2D eigenvalue weighted by Crippen LogP contribution is 2.49. The lowest BCUT2D eigenvalue weighted by atomic mass is 9.82. The minimum absolute atomic E-state index is 0.0232. The van der Waals surface area contributed by atoms with Gasteiger partial charge in [-0.3, -0.25) is 0 Å². The molecule has 2 N–H and O–H groups in total. The maximum Gasteiger partial charge on any atom is 0.127 e. The summed E-state index contributed by atoms with van der Waals surface area (Å²) in [5, 5.41) is 27.3. The number of rotatable bonds is 3. The normalized spacial score (nSPS) is 12.6.